The van der Waals surface area contributed by atoms with Crippen molar-refractivity contribution in [2.24, 2.45) is 0 Å². The Bertz CT molecular complexity index is 1090. The minimum atomic E-state index is -4.61. The number of thioether (sulfide) groups is 1. The van der Waals surface area contributed by atoms with Gasteiger partial charge in [0.2, 0.25) is 5.91 Å². The molecule has 0 unspecified atom stereocenters. The first-order valence-electron chi connectivity index (χ1n) is 10.4. The molecule has 0 atom stereocenters. The molecule has 0 aliphatic carbocycles. The number of rotatable bonds is 10. The molecular weight excluding hydrogens is 467 g/mol. The number of hydrogen-bond acceptors (Lipinski definition) is 6. The number of methoxy groups -OCH3 is 2. The number of alkyl halides is 3. The summed E-state index contributed by atoms with van der Waals surface area (Å²) in [6.07, 6.45) is -3.83. The zero-order valence-corrected chi connectivity index (χ0v) is 19.5. The molecule has 0 radical (unpaired) electrons. The third kappa shape index (κ3) is 7.38. The van der Waals surface area contributed by atoms with Crippen LogP contribution < -0.4 is 14.8 Å². The molecule has 180 valence electrons. The summed E-state index contributed by atoms with van der Waals surface area (Å²) in [5, 5.41) is 2.78. The normalized spacial score (nSPS) is 11.2. The van der Waals surface area contributed by atoms with Crippen LogP contribution in [0.15, 0.2) is 59.8 Å². The van der Waals surface area contributed by atoms with Gasteiger partial charge in [0.1, 0.15) is 17.2 Å². The number of halogens is 3. The van der Waals surface area contributed by atoms with Crippen molar-refractivity contribution >= 4 is 17.7 Å². The number of aromatic nitrogens is 2. The SMILES string of the molecule is COc1ccc(CCNC(=O)CCSc2nc(-c3ccc(OC)cc3)cc(C(F)(F)F)n2)cc1. The van der Waals surface area contributed by atoms with E-state index >= 15 is 0 Å². The molecule has 0 saturated heterocycles. The molecule has 3 rings (SSSR count). The van der Waals surface area contributed by atoms with E-state index in [1.807, 2.05) is 24.3 Å². The van der Waals surface area contributed by atoms with Gasteiger partial charge >= 0.3 is 6.18 Å². The Morgan fingerprint density at radius 3 is 2.18 bits per heavy atom. The van der Waals surface area contributed by atoms with Crippen LogP contribution in [-0.4, -0.2) is 42.4 Å². The summed E-state index contributed by atoms with van der Waals surface area (Å²) in [5.74, 6) is 1.40. The van der Waals surface area contributed by atoms with E-state index < -0.39 is 11.9 Å². The average molecular weight is 492 g/mol. The minimum absolute atomic E-state index is 0.0355. The molecule has 0 bridgehead atoms. The van der Waals surface area contributed by atoms with E-state index in [1.165, 1.54) is 7.11 Å². The van der Waals surface area contributed by atoms with Crippen molar-refractivity contribution in [1.82, 2.24) is 15.3 Å². The Balaban J connectivity index is 1.56. The van der Waals surface area contributed by atoms with E-state index in [-0.39, 0.29) is 28.9 Å². The highest BCUT2D eigenvalue weighted by Crippen LogP contribution is 2.32. The highest BCUT2D eigenvalue weighted by Gasteiger charge is 2.33. The summed E-state index contributed by atoms with van der Waals surface area (Å²) < 4.78 is 50.3. The van der Waals surface area contributed by atoms with Gasteiger partial charge in [0.05, 0.1) is 19.9 Å². The van der Waals surface area contributed by atoms with Gasteiger partial charge < -0.3 is 14.8 Å². The fraction of sp³-hybridized carbons (Fsp3) is 0.292. The van der Waals surface area contributed by atoms with Gasteiger partial charge in [-0.3, -0.25) is 4.79 Å². The molecule has 6 nitrogen and oxygen atoms in total. The Labute approximate surface area is 199 Å². The number of nitrogens with one attached hydrogen (secondary N) is 1. The molecule has 0 spiro atoms. The van der Waals surface area contributed by atoms with Crippen molar-refractivity contribution in [1.29, 1.82) is 0 Å². The first-order valence-corrected chi connectivity index (χ1v) is 11.4. The van der Waals surface area contributed by atoms with Crippen LogP contribution in [0, 0.1) is 0 Å². The predicted octanol–water partition coefficient (Wildman–Crippen LogP) is 5.02. The second-order valence-electron chi connectivity index (χ2n) is 7.19. The molecular formula is C24H24F3N3O3S. The van der Waals surface area contributed by atoms with Gasteiger partial charge in [-0.25, -0.2) is 9.97 Å². The number of ether oxygens (including phenoxy) is 2. The summed E-state index contributed by atoms with van der Waals surface area (Å²) in [6.45, 7) is 0.456. The molecule has 1 amide bonds. The maximum atomic E-state index is 13.4. The number of carbonyl (C=O) groups excluding carboxylic acids is 1. The molecule has 0 aliphatic heterocycles. The van der Waals surface area contributed by atoms with E-state index in [0.717, 1.165) is 29.1 Å². The lowest BCUT2D eigenvalue weighted by Crippen LogP contribution is -2.25. The van der Waals surface area contributed by atoms with Crippen LogP contribution in [0.4, 0.5) is 13.2 Å². The first-order chi connectivity index (χ1) is 16.3. The molecule has 0 saturated carbocycles. The van der Waals surface area contributed by atoms with Crippen LogP contribution in [-0.2, 0) is 17.4 Å². The van der Waals surface area contributed by atoms with Crippen LogP contribution in [0.1, 0.15) is 17.7 Å². The summed E-state index contributed by atoms with van der Waals surface area (Å²) in [5.41, 5.74) is 0.682. The van der Waals surface area contributed by atoms with E-state index in [0.29, 0.717) is 24.3 Å². The molecule has 2 aromatic carbocycles. The fourth-order valence-corrected chi connectivity index (χ4v) is 3.80. The molecule has 3 aromatic rings. The van der Waals surface area contributed by atoms with Gasteiger partial charge in [0.25, 0.3) is 0 Å². The Morgan fingerprint density at radius 1 is 0.971 bits per heavy atom. The standard InChI is InChI=1S/C24H24F3N3O3S/c1-32-18-7-3-16(4-8-18)11-13-28-22(31)12-14-34-23-29-20(15-21(30-23)24(25,26)27)17-5-9-19(33-2)10-6-17/h3-10,15H,11-14H2,1-2H3,(H,28,31). The topological polar surface area (TPSA) is 73.3 Å². The molecule has 1 aromatic heterocycles. The highest BCUT2D eigenvalue weighted by atomic mass is 32.2. The summed E-state index contributed by atoms with van der Waals surface area (Å²) in [6, 6.07) is 15.0. The van der Waals surface area contributed by atoms with Crippen molar-refractivity contribution in [2.75, 3.05) is 26.5 Å². The zero-order chi connectivity index (χ0) is 24.6. The highest BCUT2D eigenvalue weighted by molar-refractivity contribution is 7.99. The molecule has 0 fully saturated rings. The number of amides is 1. The minimum Gasteiger partial charge on any atom is -0.497 e. The Morgan fingerprint density at radius 2 is 1.59 bits per heavy atom. The van der Waals surface area contributed by atoms with Crippen molar-refractivity contribution in [3.63, 3.8) is 0 Å². The molecule has 0 aliphatic rings. The monoisotopic (exact) mass is 491 g/mol. The van der Waals surface area contributed by atoms with Gasteiger partial charge in [0, 0.05) is 24.3 Å². The van der Waals surface area contributed by atoms with Crippen LogP contribution in [0.5, 0.6) is 11.5 Å². The lowest BCUT2D eigenvalue weighted by molar-refractivity contribution is -0.141. The Kier molecular flexibility index (Phi) is 8.75. The van der Waals surface area contributed by atoms with Crippen LogP contribution in [0.2, 0.25) is 0 Å². The van der Waals surface area contributed by atoms with Crippen molar-refractivity contribution < 1.29 is 27.4 Å². The van der Waals surface area contributed by atoms with Crippen LogP contribution >= 0.6 is 11.8 Å². The number of carbonyl (C=O) groups is 1. The van der Waals surface area contributed by atoms with Gasteiger partial charge in [-0.1, -0.05) is 23.9 Å². The quantitative estimate of drug-likeness (QED) is 0.317. The van der Waals surface area contributed by atoms with Gasteiger partial charge in [-0.05, 0) is 54.4 Å². The van der Waals surface area contributed by atoms with Crippen molar-refractivity contribution in [3.05, 3.63) is 65.9 Å². The number of hydrogen-bond donors (Lipinski definition) is 1. The van der Waals surface area contributed by atoms with E-state index in [1.54, 1.807) is 31.4 Å². The van der Waals surface area contributed by atoms with Gasteiger partial charge in [-0.15, -0.1) is 0 Å². The summed E-state index contributed by atoms with van der Waals surface area (Å²) in [7, 11) is 3.10. The molecule has 1 N–H and O–H groups in total. The Hall–Kier alpha value is -3.27. The maximum absolute atomic E-state index is 13.4. The smallest absolute Gasteiger partial charge is 0.433 e. The van der Waals surface area contributed by atoms with Crippen LogP contribution in [0.3, 0.4) is 0 Å². The second kappa shape index (κ2) is 11.7. The van der Waals surface area contributed by atoms with E-state index in [4.69, 9.17) is 9.47 Å². The average Bonchev–Trinajstić information content (AvgIpc) is 2.84. The zero-order valence-electron chi connectivity index (χ0n) is 18.7. The number of nitrogens with zero attached hydrogens (tertiary/aromatic N) is 2. The lowest BCUT2D eigenvalue weighted by atomic mass is 10.1. The van der Waals surface area contributed by atoms with Gasteiger partial charge in [-0.2, -0.15) is 13.2 Å². The fourth-order valence-electron chi connectivity index (χ4n) is 3.01. The summed E-state index contributed by atoms with van der Waals surface area (Å²) >= 11 is 1.01. The maximum Gasteiger partial charge on any atom is 0.433 e. The van der Waals surface area contributed by atoms with E-state index in [2.05, 4.69) is 15.3 Å². The molecule has 34 heavy (non-hydrogen) atoms. The largest absolute Gasteiger partial charge is 0.497 e. The predicted molar refractivity (Wildman–Crippen MR) is 124 cm³/mol. The van der Waals surface area contributed by atoms with Crippen LogP contribution in [0.25, 0.3) is 11.3 Å². The summed E-state index contributed by atoms with van der Waals surface area (Å²) in [4.78, 5) is 20.0. The second-order valence-corrected chi connectivity index (χ2v) is 8.26. The first kappa shape index (κ1) is 25.4. The lowest BCUT2D eigenvalue weighted by Gasteiger charge is -2.11. The number of benzene rings is 2. The van der Waals surface area contributed by atoms with Gasteiger partial charge in [0.15, 0.2) is 5.16 Å². The third-order valence-electron chi connectivity index (χ3n) is 4.84. The third-order valence-corrected chi connectivity index (χ3v) is 5.69. The van der Waals surface area contributed by atoms with Crippen molar-refractivity contribution in [2.45, 2.75) is 24.2 Å². The molecule has 10 heteroatoms. The van der Waals surface area contributed by atoms with Crippen molar-refractivity contribution in [3.8, 4) is 22.8 Å². The van der Waals surface area contributed by atoms with E-state index in [9.17, 15) is 18.0 Å². The molecule has 1 heterocycles.